The van der Waals surface area contributed by atoms with E-state index >= 15 is 0 Å². The number of ether oxygens (including phenoxy) is 1. The van der Waals surface area contributed by atoms with Crippen LogP contribution in [-0.4, -0.2) is 40.5 Å². The number of benzene rings is 1. The summed E-state index contributed by atoms with van der Waals surface area (Å²) in [6.07, 6.45) is -0.0530. The Morgan fingerprint density at radius 3 is 2.33 bits per heavy atom. The SMILES string of the molecule is COC(=O)[C@]1(C(C)=O)CC[C@@](C)(O)[C@@H]([N+](=O)[O-])[C@@H]1c1ccccc1. The summed E-state index contributed by atoms with van der Waals surface area (Å²) in [5, 5.41) is 22.4. The van der Waals surface area contributed by atoms with E-state index in [-0.39, 0.29) is 12.8 Å². The molecule has 7 heteroatoms. The van der Waals surface area contributed by atoms with Gasteiger partial charge in [-0.15, -0.1) is 0 Å². The van der Waals surface area contributed by atoms with Crippen molar-refractivity contribution in [2.45, 2.75) is 44.2 Å². The van der Waals surface area contributed by atoms with E-state index in [0.717, 1.165) is 7.11 Å². The largest absolute Gasteiger partial charge is 0.468 e. The second kappa shape index (κ2) is 6.32. The molecule has 0 amide bonds. The van der Waals surface area contributed by atoms with Crippen LogP contribution in [0.5, 0.6) is 0 Å². The molecule has 0 spiro atoms. The highest BCUT2D eigenvalue weighted by Crippen LogP contribution is 2.52. The molecule has 0 aromatic heterocycles. The van der Waals surface area contributed by atoms with Gasteiger partial charge < -0.3 is 9.84 Å². The summed E-state index contributed by atoms with van der Waals surface area (Å²) in [5.41, 5.74) is -2.87. The van der Waals surface area contributed by atoms with Crippen LogP contribution in [0.25, 0.3) is 0 Å². The molecular weight excluding hydrogens is 314 g/mol. The Hall–Kier alpha value is -2.28. The van der Waals surface area contributed by atoms with Gasteiger partial charge in [0.15, 0.2) is 0 Å². The number of nitro groups is 1. The molecule has 1 aromatic rings. The number of carbonyl (C=O) groups is 2. The molecule has 2 rings (SSSR count). The van der Waals surface area contributed by atoms with Gasteiger partial charge in [0.25, 0.3) is 0 Å². The first-order valence-corrected chi connectivity index (χ1v) is 7.68. The molecule has 7 nitrogen and oxygen atoms in total. The molecule has 0 bridgehead atoms. The van der Waals surface area contributed by atoms with Gasteiger partial charge in [0, 0.05) is 4.92 Å². The summed E-state index contributed by atoms with van der Waals surface area (Å²) in [4.78, 5) is 36.2. The Kier molecular flexibility index (Phi) is 4.75. The number of methoxy groups -OCH3 is 1. The molecule has 0 aliphatic heterocycles. The molecule has 24 heavy (non-hydrogen) atoms. The van der Waals surface area contributed by atoms with Gasteiger partial charge in [-0.25, -0.2) is 0 Å². The van der Waals surface area contributed by atoms with Crippen LogP contribution in [0.3, 0.4) is 0 Å². The average molecular weight is 335 g/mol. The van der Waals surface area contributed by atoms with Gasteiger partial charge in [-0.3, -0.25) is 19.7 Å². The monoisotopic (exact) mass is 335 g/mol. The zero-order chi connectivity index (χ0) is 18.1. The Morgan fingerprint density at radius 2 is 1.88 bits per heavy atom. The molecule has 4 atom stereocenters. The Bertz CT molecular complexity index is 656. The molecule has 1 N–H and O–H groups in total. The minimum absolute atomic E-state index is 0.00803. The van der Waals surface area contributed by atoms with Crippen LogP contribution in [0.2, 0.25) is 0 Å². The summed E-state index contributed by atoms with van der Waals surface area (Å²) >= 11 is 0. The lowest BCUT2D eigenvalue weighted by molar-refractivity contribution is -0.555. The van der Waals surface area contributed by atoms with Crippen molar-refractivity contribution in [3.05, 3.63) is 46.0 Å². The van der Waals surface area contributed by atoms with Crippen molar-refractivity contribution >= 4 is 11.8 Å². The van der Waals surface area contributed by atoms with E-state index < -0.39 is 39.7 Å². The lowest BCUT2D eigenvalue weighted by atomic mass is 9.56. The van der Waals surface area contributed by atoms with E-state index in [4.69, 9.17) is 4.74 Å². The molecule has 1 saturated carbocycles. The number of aliphatic hydroxyl groups is 1. The fraction of sp³-hybridized carbons (Fsp3) is 0.529. The first-order chi connectivity index (χ1) is 11.2. The Labute approximate surface area is 139 Å². The summed E-state index contributed by atoms with van der Waals surface area (Å²) in [5.74, 6) is -2.40. The lowest BCUT2D eigenvalue weighted by Crippen LogP contribution is -2.61. The summed E-state index contributed by atoms with van der Waals surface area (Å²) in [6.45, 7) is 2.61. The number of carbonyl (C=O) groups excluding carboxylic acids is 2. The van der Waals surface area contributed by atoms with E-state index in [2.05, 4.69) is 0 Å². The lowest BCUT2D eigenvalue weighted by Gasteiger charge is -2.46. The standard InChI is InChI=1S/C17H21NO6/c1-11(19)17(15(20)24-3)10-9-16(2,21)14(18(22)23)13(17)12-7-5-4-6-8-12/h4-8,13-14,21H,9-10H2,1-3H3/t13-,14-,16+,17-/m0/s1. The minimum Gasteiger partial charge on any atom is -0.468 e. The van der Waals surface area contributed by atoms with Crippen molar-refractivity contribution in [2.75, 3.05) is 7.11 Å². The number of hydrogen-bond acceptors (Lipinski definition) is 6. The first-order valence-electron chi connectivity index (χ1n) is 7.68. The van der Waals surface area contributed by atoms with Gasteiger partial charge in [0.05, 0.1) is 13.0 Å². The molecular formula is C17H21NO6. The zero-order valence-corrected chi connectivity index (χ0v) is 13.9. The topological polar surface area (TPSA) is 107 Å². The van der Waals surface area contributed by atoms with Crippen LogP contribution in [0, 0.1) is 15.5 Å². The number of rotatable bonds is 4. The third-order valence-electron chi connectivity index (χ3n) is 5.07. The van der Waals surface area contributed by atoms with Gasteiger partial charge in [0.2, 0.25) is 6.04 Å². The fourth-order valence-corrected chi connectivity index (χ4v) is 3.81. The average Bonchev–Trinajstić information content (AvgIpc) is 2.53. The molecule has 0 saturated heterocycles. The van der Waals surface area contributed by atoms with Gasteiger partial charge in [-0.05, 0) is 32.3 Å². The zero-order valence-electron chi connectivity index (χ0n) is 13.9. The van der Waals surface area contributed by atoms with Crippen molar-refractivity contribution in [3.63, 3.8) is 0 Å². The molecule has 0 radical (unpaired) electrons. The highest BCUT2D eigenvalue weighted by Gasteiger charge is 2.65. The molecule has 0 heterocycles. The second-order valence-electron chi connectivity index (χ2n) is 6.49. The molecule has 1 aliphatic rings. The van der Waals surface area contributed by atoms with Crippen molar-refractivity contribution in [1.29, 1.82) is 0 Å². The maximum Gasteiger partial charge on any atom is 0.320 e. The third-order valence-corrected chi connectivity index (χ3v) is 5.07. The van der Waals surface area contributed by atoms with Crippen molar-refractivity contribution in [1.82, 2.24) is 0 Å². The van der Waals surface area contributed by atoms with Gasteiger partial charge in [0.1, 0.15) is 16.8 Å². The minimum atomic E-state index is -1.68. The van der Waals surface area contributed by atoms with E-state index in [1.54, 1.807) is 30.3 Å². The summed E-state index contributed by atoms with van der Waals surface area (Å²) < 4.78 is 4.84. The summed E-state index contributed by atoms with van der Waals surface area (Å²) in [6, 6.07) is 6.85. The highest BCUT2D eigenvalue weighted by molar-refractivity contribution is 6.04. The van der Waals surface area contributed by atoms with Crippen molar-refractivity contribution < 1.29 is 24.4 Å². The van der Waals surface area contributed by atoms with Gasteiger partial charge in [-0.1, -0.05) is 30.3 Å². The molecule has 1 fully saturated rings. The van der Waals surface area contributed by atoms with E-state index in [1.807, 2.05) is 0 Å². The number of hydrogen-bond donors (Lipinski definition) is 1. The maximum atomic E-state index is 12.5. The number of Topliss-reactive ketones (excluding diaryl/α,β-unsaturated/α-hetero) is 1. The van der Waals surface area contributed by atoms with Crippen molar-refractivity contribution in [2.24, 2.45) is 5.41 Å². The van der Waals surface area contributed by atoms with Crippen LogP contribution >= 0.6 is 0 Å². The van der Waals surface area contributed by atoms with Crippen molar-refractivity contribution in [3.8, 4) is 0 Å². The molecule has 1 aromatic carbocycles. The van der Waals surface area contributed by atoms with E-state index in [1.165, 1.54) is 13.8 Å². The fourth-order valence-electron chi connectivity index (χ4n) is 3.81. The first kappa shape index (κ1) is 18.1. The van der Waals surface area contributed by atoms with E-state index in [0.29, 0.717) is 5.56 Å². The molecule has 130 valence electrons. The molecule has 0 unspecified atom stereocenters. The third kappa shape index (κ3) is 2.69. The van der Waals surface area contributed by atoms with Crippen LogP contribution in [0.15, 0.2) is 30.3 Å². The van der Waals surface area contributed by atoms with Crippen LogP contribution in [0.4, 0.5) is 0 Å². The van der Waals surface area contributed by atoms with Crippen LogP contribution in [0.1, 0.15) is 38.2 Å². The smallest absolute Gasteiger partial charge is 0.320 e. The van der Waals surface area contributed by atoms with Crippen LogP contribution in [-0.2, 0) is 14.3 Å². The summed E-state index contributed by atoms with van der Waals surface area (Å²) in [7, 11) is 1.16. The van der Waals surface area contributed by atoms with E-state index in [9.17, 15) is 24.8 Å². The normalized spacial score (nSPS) is 32.8. The predicted octanol–water partition coefficient (Wildman–Crippen LogP) is 1.71. The Morgan fingerprint density at radius 1 is 1.29 bits per heavy atom. The number of esters is 1. The predicted molar refractivity (Wildman–Crippen MR) is 85.0 cm³/mol. The quantitative estimate of drug-likeness (QED) is 0.388. The molecule has 1 aliphatic carbocycles. The highest BCUT2D eigenvalue weighted by atomic mass is 16.6. The number of ketones is 1. The van der Waals surface area contributed by atoms with Gasteiger partial charge >= 0.3 is 5.97 Å². The van der Waals surface area contributed by atoms with Crippen LogP contribution < -0.4 is 0 Å². The maximum absolute atomic E-state index is 12.5. The Balaban J connectivity index is 2.76. The van der Waals surface area contributed by atoms with Gasteiger partial charge in [-0.2, -0.15) is 0 Å². The second-order valence-corrected chi connectivity index (χ2v) is 6.49. The number of nitrogens with zero attached hydrogens (tertiary/aromatic N) is 1.